The molecule has 1 N–H and O–H groups in total. The third-order valence-corrected chi connectivity index (χ3v) is 4.81. The largest absolute Gasteiger partial charge is 0.457 e. The Bertz CT molecular complexity index is 1040. The number of Topliss-reactive ketones (excluding diaryl/α,β-unsaturated/α-hetero) is 1. The smallest absolute Gasteiger partial charge is 0.270 e. The van der Waals surface area contributed by atoms with Crippen molar-refractivity contribution in [2.24, 2.45) is 0 Å². The summed E-state index contributed by atoms with van der Waals surface area (Å²) < 4.78 is 6.00. The number of hydrogen-bond acceptors (Lipinski definition) is 4. The van der Waals surface area contributed by atoms with Gasteiger partial charge in [0.15, 0.2) is 5.78 Å². The van der Waals surface area contributed by atoms with Gasteiger partial charge in [0.2, 0.25) is 0 Å². The van der Waals surface area contributed by atoms with Crippen LogP contribution in [0.15, 0.2) is 48.5 Å². The third-order valence-electron chi connectivity index (χ3n) is 4.81. The average molecular weight is 362 g/mol. The average Bonchev–Trinajstić information content (AvgIpc) is 3.00. The van der Waals surface area contributed by atoms with Gasteiger partial charge in [-0.15, -0.1) is 0 Å². The van der Waals surface area contributed by atoms with E-state index in [1.165, 1.54) is 12.1 Å². The lowest BCUT2D eigenvalue weighted by atomic mass is 9.89. The first-order valence-electron chi connectivity index (χ1n) is 8.81. The molecule has 0 radical (unpaired) electrons. The summed E-state index contributed by atoms with van der Waals surface area (Å²) >= 11 is 0. The number of ketones is 1. The number of benzene rings is 2. The zero-order chi connectivity index (χ0) is 19.0. The van der Waals surface area contributed by atoms with Crippen LogP contribution in [0.1, 0.15) is 34.5 Å². The molecule has 3 aromatic rings. The first-order valence-corrected chi connectivity index (χ1v) is 8.81. The number of non-ortho nitro benzene ring substituents is 1. The molecule has 1 aliphatic carbocycles. The summed E-state index contributed by atoms with van der Waals surface area (Å²) in [6, 6.07) is 13.8. The Morgan fingerprint density at radius 2 is 1.89 bits per heavy atom. The summed E-state index contributed by atoms with van der Waals surface area (Å²) in [5.41, 5.74) is 3.73. The van der Waals surface area contributed by atoms with Crippen LogP contribution in [0.25, 0.3) is 11.3 Å². The Hall–Kier alpha value is -3.41. The molecule has 1 aromatic heterocycles. The topological polar surface area (TPSA) is 85.2 Å². The molecule has 6 heteroatoms. The summed E-state index contributed by atoms with van der Waals surface area (Å²) in [5.74, 6) is 1.27. The fraction of sp³-hybridized carbons (Fsp3) is 0.190. The number of ether oxygens (including phenoxy) is 1. The summed E-state index contributed by atoms with van der Waals surface area (Å²) in [6.45, 7) is 1.86. The number of nitrogens with one attached hydrogen (secondary N) is 1. The van der Waals surface area contributed by atoms with Gasteiger partial charge in [0.25, 0.3) is 5.69 Å². The molecule has 6 nitrogen and oxygen atoms in total. The molecule has 0 bridgehead atoms. The van der Waals surface area contributed by atoms with E-state index in [0.717, 1.165) is 29.8 Å². The predicted molar refractivity (Wildman–Crippen MR) is 101 cm³/mol. The molecule has 2 aromatic carbocycles. The fourth-order valence-electron chi connectivity index (χ4n) is 3.62. The van der Waals surface area contributed by atoms with Crippen molar-refractivity contribution in [1.29, 1.82) is 0 Å². The normalized spacial score (nSPS) is 13.3. The van der Waals surface area contributed by atoms with Gasteiger partial charge in [-0.25, -0.2) is 0 Å². The van der Waals surface area contributed by atoms with Crippen molar-refractivity contribution >= 4 is 11.5 Å². The van der Waals surface area contributed by atoms with Crippen LogP contribution in [-0.2, 0) is 6.42 Å². The van der Waals surface area contributed by atoms with E-state index in [9.17, 15) is 14.9 Å². The number of aryl methyl sites for hydroxylation is 1. The van der Waals surface area contributed by atoms with E-state index in [1.807, 2.05) is 37.3 Å². The van der Waals surface area contributed by atoms with Gasteiger partial charge in [0.05, 0.1) is 10.6 Å². The number of aromatic amines is 1. The van der Waals surface area contributed by atoms with Crippen LogP contribution in [0.4, 0.5) is 5.69 Å². The van der Waals surface area contributed by atoms with Crippen molar-refractivity contribution in [2.45, 2.75) is 26.2 Å². The lowest BCUT2D eigenvalue weighted by Gasteiger charge is -2.15. The molecule has 0 aliphatic heterocycles. The lowest BCUT2D eigenvalue weighted by molar-refractivity contribution is -0.384. The highest BCUT2D eigenvalue weighted by Crippen LogP contribution is 2.40. The first kappa shape index (κ1) is 17.0. The third kappa shape index (κ3) is 3.10. The number of carbonyl (C=O) groups is 1. The van der Waals surface area contributed by atoms with Crippen LogP contribution in [0.5, 0.6) is 11.5 Å². The van der Waals surface area contributed by atoms with Crippen molar-refractivity contribution in [3.8, 4) is 22.8 Å². The quantitative estimate of drug-likeness (QED) is 0.510. The van der Waals surface area contributed by atoms with Crippen molar-refractivity contribution in [1.82, 2.24) is 4.98 Å². The molecule has 136 valence electrons. The number of nitro benzene ring substituents is 1. The van der Waals surface area contributed by atoms with Gasteiger partial charge in [-0.1, -0.05) is 18.2 Å². The van der Waals surface area contributed by atoms with E-state index >= 15 is 0 Å². The lowest BCUT2D eigenvalue weighted by Crippen LogP contribution is -2.10. The molecule has 1 aliphatic rings. The number of carbonyl (C=O) groups excluding carboxylic acids is 1. The molecule has 4 rings (SSSR count). The SMILES string of the molecule is Cc1[nH]c(-c2cc([N+](=O)[O-])ccc2Oc2ccccc2)c2c1C(=O)CCC2. The molecule has 0 atom stereocenters. The van der Waals surface area contributed by atoms with Crippen molar-refractivity contribution in [3.05, 3.63) is 75.5 Å². The van der Waals surface area contributed by atoms with E-state index in [-0.39, 0.29) is 11.5 Å². The molecule has 1 heterocycles. The number of hydrogen-bond donors (Lipinski definition) is 1. The standard InChI is InChI=1S/C21H18N2O4/c1-13-20-16(8-5-9-18(20)24)21(22-13)17-12-14(23(25)26)10-11-19(17)27-15-6-3-2-4-7-15/h2-4,6-7,10-12,22H,5,8-9H2,1H3. The molecule has 0 fully saturated rings. The summed E-state index contributed by atoms with van der Waals surface area (Å²) in [6.07, 6.45) is 2.07. The van der Waals surface area contributed by atoms with Crippen molar-refractivity contribution in [2.75, 3.05) is 0 Å². The number of fused-ring (bicyclic) bond motifs is 1. The van der Waals surface area contributed by atoms with Crippen LogP contribution in [0.3, 0.4) is 0 Å². The number of H-pyrrole nitrogens is 1. The molecular formula is C21H18N2O4. The first-order chi connectivity index (χ1) is 13.0. The van der Waals surface area contributed by atoms with Gasteiger partial charge in [-0.2, -0.15) is 0 Å². The van der Waals surface area contributed by atoms with E-state index in [2.05, 4.69) is 4.98 Å². The summed E-state index contributed by atoms with van der Waals surface area (Å²) in [4.78, 5) is 26.5. The zero-order valence-electron chi connectivity index (χ0n) is 14.8. The Morgan fingerprint density at radius 3 is 2.63 bits per heavy atom. The molecule has 0 saturated carbocycles. The Morgan fingerprint density at radius 1 is 1.11 bits per heavy atom. The monoisotopic (exact) mass is 362 g/mol. The van der Waals surface area contributed by atoms with Crippen LogP contribution < -0.4 is 4.74 Å². The van der Waals surface area contributed by atoms with Gasteiger partial charge in [-0.3, -0.25) is 14.9 Å². The second kappa shape index (κ2) is 6.72. The molecule has 27 heavy (non-hydrogen) atoms. The minimum atomic E-state index is -0.427. The molecular weight excluding hydrogens is 344 g/mol. The highest BCUT2D eigenvalue weighted by molar-refractivity contribution is 6.01. The van der Waals surface area contributed by atoms with Crippen LogP contribution >= 0.6 is 0 Å². The molecule has 0 amide bonds. The Balaban J connectivity index is 1.88. The predicted octanol–water partition coefficient (Wildman–Crippen LogP) is 5.21. The highest BCUT2D eigenvalue weighted by atomic mass is 16.6. The number of aromatic nitrogens is 1. The van der Waals surface area contributed by atoms with Crippen LogP contribution in [-0.4, -0.2) is 15.7 Å². The number of nitrogens with zero attached hydrogens (tertiary/aromatic N) is 1. The molecule has 0 unspecified atom stereocenters. The number of nitro groups is 1. The van der Waals surface area contributed by atoms with Crippen LogP contribution in [0, 0.1) is 17.0 Å². The maximum absolute atomic E-state index is 12.3. The van der Waals surface area contributed by atoms with Gasteiger partial charge < -0.3 is 9.72 Å². The maximum Gasteiger partial charge on any atom is 0.270 e. The van der Waals surface area contributed by atoms with E-state index < -0.39 is 4.92 Å². The minimum Gasteiger partial charge on any atom is -0.457 e. The van der Waals surface area contributed by atoms with Gasteiger partial charge >= 0.3 is 0 Å². The summed E-state index contributed by atoms with van der Waals surface area (Å²) in [5, 5.41) is 11.3. The minimum absolute atomic E-state index is 0.0199. The molecule has 0 spiro atoms. The maximum atomic E-state index is 12.3. The second-order valence-electron chi connectivity index (χ2n) is 6.61. The Labute approximate surface area is 156 Å². The van der Waals surface area contributed by atoms with Crippen molar-refractivity contribution < 1.29 is 14.5 Å². The summed E-state index contributed by atoms with van der Waals surface area (Å²) in [7, 11) is 0. The van der Waals surface area contributed by atoms with E-state index in [1.54, 1.807) is 6.07 Å². The van der Waals surface area contributed by atoms with Crippen molar-refractivity contribution in [3.63, 3.8) is 0 Å². The van der Waals surface area contributed by atoms with E-state index in [4.69, 9.17) is 4.74 Å². The number of para-hydroxylation sites is 1. The Kier molecular flexibility index (Phi) is 4.24. The van der Waals surface area contributed by atoms with Gasteiger partial charge in [0.1, 0.15) is 11.5 Å². The zero-order valence-corrected chi connectivity index (χ0v) is 14.8. The fourth-order valence-corrected chi connectivity index (χ4v) is 3.62. The number of rotatable bonds is 4. The van der Waals surface area contributed by atoms with E-state index in [0.29, 0.717) is 29.0 Å². The highest BCUT2D eigenvalue weighted by Gasteiger charge is 2.27. The molecule has 0 saturated heterocycles. The van der Waals surface area contributed by atoms with Crippen LogP contribution in [0.2, 0.25) is 0 Å². The van der Waals surface area contributed by atoms with Gasteiger partial charge in [0, 0.05) is 35.4 Å². The second-order valence-corrected chi connectivity index (χ2v) is 6.61. The van der Waals surface area contributed by atoms with Gasteiger partial charge in [-0.05, 0) is 43.5 Å².